The Morgan fingerprint density at radius 2 is 2.05 bits per heavy atom. The van der Waals surface area contributed by atoms with Crippen LogP contribution in [0.15, 0.2) is 47.2 Å². The second-order valence-electron chi connectivity index (χ2n) is 4.63. The Morgan fingerprint density at radius 1 is 1.15 bits per heavy atom. The first-order chi connectivity index (χ1) is 9.72. The number of hydrogen-bond acceptors (Lipinski definition) is 4. The van der Waals surface area contributed by atoms with E-state index in [1.165, 1.54) is 15.3 Å². The van der Waals surface area contributed by atoms with Gasteiger partial charge in [-0.3, -0.25) is 0 Å². The highest BCUT2D eigenvalue weighted by Crippen LogP contribution is 2.30. The molecule has 0 atom stereocenters. The molecule has 0 fully saturated rings. The molecule has 1 aromatic carbocycles. The van der Waals surface area contributed by atoms with Gasteiger partial charge in [-0.1, -0.05) is 6.07 Å². The summed E-state index contributed by atoms with van der Waals surface area (Å²) in [4.78, 5) is 2.62. The zero-order chi connectivity index (χ0) is 13.9. The lowest BCUT2D eigenvalue weighted by molar-refractivity contribution is 0.475. The van der Waals surface area contributed by atoms with Crippen LogP contribution in [0.25, 0.3) is 10.4 Å². The van der Waals surface area contributed by atoms with Gasteiger partial charge in [0, 0.05) is 27.5 Å². The highest BCUT2D eigenvalue weighted by atomic mass is 32.1. The van der Waals surface area contributed by atoms with Gasteiger partial charge in [-0.2, -0.15) is 0 Å². The minimum Gasteiger partial charge on any atom is -0.508 e. The van der Waals surface area contributed by atoms with Crippen LogP contribution in [0.1, 0.15) is 10.4 Å². The summed E-state index contributed by atoms with van der Waals surface area (Å²) < 4.78 is 0. The van der Waals surface area contributed by atoms with Crippen molar-refractivity contribution >= 4 is 28.4 Å². The van der Waals surface area contributed by atoms with E-state index in [0.29, 0.717) is 5.75 Å². The molecule has 0 aliphatic carbocycles. The van der Waals surface area contributed by atoms with E-state index in [0.717, 1.165) is 17.8 Å². The number of rotatable bonds is 4. The van der Waals surface area contributed by atoms with E-state index in [9.17, 15) is 5.11 Å². The average molecular weight is 301 g/mol. The quantitative estimate of drug-likeness (QED) is 0.657. The lowest BCUT2D eigenvalue weighted by atomic mass is 10.2. The van der Waals surface area contributed by atoms with Crippen LogP contribution in [0.2, 0.25) is 0 Å². The largest absolute Gasteiger partial charge is 0.508 e. The number of aryl methyl sites for hydroxylation is 1. The van der Waals surface area contributed by atoms with Crippen LogP contribution in [-0.4, -0.2) is 5.11 Å². The fourth-order valence-corrected chi connectivity index (χ4v) is 3.69. The third-order valence-corrected chi connectivity index (χ3v) is 4.98. The van der Waals surface area contributed by atoms with E-state index in [4.69, 9.17) is 0 Å². The van der Waals surface area contributed by atoms with Gasteiger partial charge in [-0.25, -0.2) is 0 Å². The molecule has 102 valence electrons. The maximum atomic E-state index is 9.41. The van der Waals surface area contributed by atoms with Gasteiger partial charge >= 0.3 is 0 Å². The third-order valence-electron chi connectivity index (χ3n) is 3.12. The molecule has 20 heavy (non-hydrogen) atoms. The van der Waals surface area contributed by atoms with Gasteiger partial charge in [0.2, 0.25) is 0 Å². The second-order valence-corrected chi connectivity index (χ2v) is 6.58. The Morgan fingerprint density at radius 3 is 2.80 bits per heavy atom. The lowest BCUT2D eigenvalue weighted by Crippen LogP contribution is -1.98. The van der Waals surface area contributed by atoms with Crippen LogP contribution in [0.4, 0.5) is 5.69 Å². The van der Waals surface area contributed by atoms with Crippen molar-refractivity contribution in [2.45, 2.75) is 13.5 Å². The number of thiophene rings is 2. The molecule has 0 saturated carbocycles. The Balaban J connectivity index is 1.70. The Bertz CT molecular complexity index is 701. The fourth-order valence-electron chi connectivity index (χ4n) is 2.07. The van der Waals surface area contributed by atoms with Crippen molar-refractivity contribution < 1.29 is 5.11 Å². The van der Waals surface area contributed by atoms with Crippen molar-refractivity contribution in [1.29, 1.82) is 0 Å². The van der Waals surface area contributed by atoms with Crippen LogP contribution in [0, 0.1) is 6.92 Å². The molecule has 3 aromatic rings. The summed E-state index contributed by atoms with van der Waals surface area (Å²) in [5.41, 5.74) is 3.41. The van der Waals surface area contributed by atoms with E-state index in [1.807, 2.05) is 13.0 Å². The number of hydrogen-bond donors (Lipinski definition) is 2. The molecule has 3 rings (SSSR count). The highest BCUT2D eigenvalue weighted by Gasteiger charge is 2.04. The van der Waals surface area contributed by atoms with Gasteiger partial charge in [-0.15, -0.1) is 22.7 Å². The molecule has 0 amide bonds. The molecule has 0 aliphatic heterocycles. The number of phenolic OH excluding ortho intramolecular Hbond substituents is 1. The second kappa shape index (κ2) is 5.69. The van der Waals surface area contributed by atoms with Crippen molar-refractivity contribution in [3.63, 3.8) is 0 Å². The van der Waals surface area contributed by atoms with Crippen molar-refractivity contribution in [2.24, 2.45) is 0 Å². The number of benzene rings is 1. The minimum absolute atomic E-state index is 0.309. The standard InChI is InChI=1S/C16H15NOS2/c1-11-7-13(18)4-5-15(11)17-9-14-8-12(10-20-14)16-3-2-6-19-16/h2-8,10,17-18H,9H2,1H3. The van der Waals surface area contributed by atoms with E-state index in [2.05, 4.69) is 34.3 Å². The van der Waals surface area contributed by atoms with Gasteiger partial charge in [0.15, 0.2) is 0 Å². The monoisotopic (exact) mass is 301 g/mol. The zero-order valence-corrected chi connectivity index (χ0v) is 12.7. The van der Waals surface area contributed by atoms with Crippen molar-refractivity contribution in [3.8, 4) is 16.2 Å². The molecule has 0 saturated heterocycles. The summed E-state index contributed by atoms with van der Waals surface area (Å²) in [6.07, 6.45) is 0. The number of anilines is 1. The van der Waals surface area contributed by atoms with Gasteiger partial charge in [0.05, 0.1) is 0 Å². The van der Waals surface area contributed by atoms with Gasteiger partial charge in [0.25, 0.3) is 0 Å². The minimum atomic E-state index is 0.309. The molecule has 2 aromatic heterocycles. The number of nitrogens with one attached hydrogen (secondary N) is 1. The molecule has 0 spiro atoms. The smallest absolute Gasteiger partial charge is 0.115 e. The van der Waals surface area contributed by atoms with E-state index >= 15 is 0 Å². The van der Waals surface area contributed by atoms with E-state index < -0.39 is 0 Å². The molecule has 0 bridgehead atoms. The fraction of sp³-hybridized carbons (Fsp3) is 0.125. The molecule has 0 aliphatic rings. The van der Waals surface area contributed by atoms with E-state index in [1.54, 1.807) is 34.8 Å². The molecule has 0 unspecified atom stereocenters. The summed E-state index contributed by atoms with van der Waals surface area (Å²) >= 11 is 3.54. The van der Waals surface area contributed by atoms with Crippen LogP contribution >= 0.6 is 22.7 Å². The van der Waals surface area contributed by atoms with E-state index in [-0.39, 0.29) is 0 Å². The van der Waals surface area contributed by atoms with Gasteiger partial charge in [-0.05, 0) is 53.6 Å². The normalized spacial score (nSPS) is 10.7. The molecule has 2 heterocycles. The molecular weight excluding hydrogens is 286 g/mol. The predicted octanol–water partition coefficient (Wildman–Crippen LogP) is 5.10. The molecule has 2 N–H and O–H groups in total. The molecule has 0 radical (unpaired) electrons. The molecular formula is C16H15NOS2. The first kappa shape index (κ1) is 13.2. The Hall–Kier alpha value is -1.78. The average Bonchev–Trinajstić information content (AvgIpc) is 3.08. The van der Waals surface area contributed by atoms with Crippen molar-refractivity contribution in [3.05, 3.63) is 57.6 Å². The summed E-state index contributed by atoms with van der Waals surface area (Å²) in [5, 5.41) is 17.1. The topological polar surface area (TPSA) is 32.3 Å². The zero-order valence-electron chi connectivity index (χ0n) is 11.1. The van der Waals surface area contributed by atoms with Crippen molar-refractivity contribution in [1.82, 2.24) is 0 Å². The summed E-state index contributed by atoms with van der Waals surface area (Å²) in [7, 11) is 0. The Kier molecular flexibility index (Phi) is 3.76. The number of phenols is 1. The van der Waals surface area contributed by atoms with Gasteiger partial charge in [0.1, 0.15) is 5.75 Å². The van der Waals surface area contributed by atoms with Crippen LogP contribution in [0.5, 0.6) is 5.75 Å². The molecule has 4 heteroatoms. The van der Waals surface area contributed by atoms with Gasteiger partial charge < -0.3 is 10.4 Å². The highest BCUT2D eigenvalue weighted by molar-refractivity contribution is 7.14. The van der Waals surface area contributed by atoms with Crippen LogP contribution in [0.3, 0.4) is 0 Å². The number of aromatic hydroxyl groups is 1. The van der Waals surface area contributed by atoms with Crippen molar-refractivity contribution in [2.75, 3.05) is 5.32 Å². The predicted molar refractivity (Wildman–Crippen MR) is 87.8 cm³/mol. The first-order valence-corrected chi connectivity index (χ1v) is 8.13. The lowest BCUT2D eigenvalue weighted by Gasteiger charge is -2.08. The van der Waals surface area contributed by atoms with Crippen LogP contribution < -0.4 is 5.32 Å². The SMILES string of the molecule is Cc1cc(O)ccc1NCc1cc(-c2cccs2)cs1. The van der Waals surface area contributed by atoms with Crippen LogP contribution in [-0.2, 0) is 6.54 Å². The summed E-state index contributed by atoms with van der Waals surface area (Å²) in [5.74, 6) is 0.309. The maximum absolute atomic E-state index is 9.41. The molecule has 2 nitrogen and oxygen atoms in total. The Labute approximate surface area is 126 Å². The summed E-state index contributed by atoms with van der Waals surface area (Å²) in [6.45, 7) is 2.80. The first-order valence-electron chi connectivity index (χ1n) is 6.37. The third kappa shape index (κ3) is 2.86. The maximum Gasteiger partial charge on any atom is 0.115 e. The summed E-state index contributed by atoms with van der Waals surface area (Å²) in [6, 6.07) is 11.9.